The molecule has 2 aromatic carbocycles. The minimum atomic E-state index is -1.90. The quantitative estimate of drug-likeness (QED) is 0.805. The molecule has 0 amide bonds. The van der Waals surface area contributed by atoms with Gasteiger partial charge in [-0.25, -0.2) is 8.78 Å². The minimum Gasteiger partial charge on any atom is -0.369 e. The van der Waals surface area contributed by atoms with Gasteiger partial charge in [0.1, 0.15) is 11.6 Å². The Bertz CT molecular complexity index is 599. The molecular weight excluding hydrogens is 234 g/mol. The molecule has 1 N–H and O–H groups in total. The Morgan fingerprint density at radius 1 is 1.00 bits per heavy atom. The number of aliphatic hydroxyl groups is 1. The normalized spacial score (nSPS) is 13.7. The average molecular weight is 244 g/mol. The Kier molecular flexibility index (Phi) is 3.14. The van der Waals surface area contributed by atoms with Crippen LogP contribution in [-0.4, -0.2) is 5.11 Å². The van der Waals surface area contributed by atoms with Gasteiger partial charge in [0.15, 0.2) is 5.60 Å². The van der Waals surface area contributed by atoms with Crippen molar-refractivity contribution in [1.82, 2.24) is 0 Å². The van der Waals surface area contributed by atoms with Gasteiger partial charge in [-0.05, 0) is 18.2 Å². The van der Waals surface area contributed by atoms with Crippen LogP contribution in [0, 0.1) is 24.0 Å². The van der Waals surface area contributed by atoms with Crippen LogP contribution in [0.2, 0.25) is 0 Å². The highest BCUT2D eigenvalue weighted by atomic mass is 19.1. The lowest BCUT2D eigenvalue weighted by atomic mass is 9.87. The molecule has 0 aromatic heterocycles. The molecule has 0 saturated heterocycles. The fourth-order valence-electron chi connectivity index (χ4n) is 1.76. The Morgan fingerprint density at radius 3 is 2.17 bits per heavy atom. The van der Waals surface area contributed by atoms with Crippen LogP contribution in [0.4, 0.5) is 8.78 Å². The second-order valence-corrected chi connectivity index (χ2v) is 3.84. The zero-order valence-electron chi connectivity index (χ0n) is 9.40. The topological polar surface area (TPSA) is 20.2 Å². The van der Waals surface area contributed by atoms with E-state index in [0.717, 1.165) is 0 Å². The van der Waals surface area contributed by atoms with Crippen LogP contribution >= 0.6 is 0 Å². The molecule has 1 unspecified atom stereocenters. The van der Waals surface area contributed by atoms with E-state index >= 15 is 0 Å². The Morgan fingerprint density at radius 2 is 1.61 bits per heavy atom. The SMILES string of the molecule is C#CC(O)(c1ccc(F)cc1)c1ccccc1F. The standard InChI is InChI=1S/C15H10F2O/c1-2-15(18,11-7-9-12(16)10-8-11)13-5-3-4-6-14(13)17/h1,3-10,18H. The molecule has 18 heavy (non-hydrogen) atoms. The van der Waals surface area contributed by atoms with E-state index in [0.29, 0.717) is 0 Å². The van der Waals surface area contributed by atoms with E-state index in [4.69, 9.17) is 6.42 Å². The third-order valence-electron chi connectivity index (χ3n) is 2.73. The van der Waals surface area contributed by atoms with Gasteiger partial charge in [-0.2, -0.15) is 0 Å². The van der Waals surface area contributed by atoms with Crippen LogP contribution in [0.5, 0.6) is 0 Å². The van der Waals surface area contributed by atoms with Crippen LogP contribution in [0.1, 0.15) is 11.1 Å². The summed E-state index contributed by atoms with van der Waals surface area (Å²) in [6.07, 6.45) is 5.32. The Hall–Kier alpha value is -2.18. The van der Waals surface area contributed by atoms with Gasteiger partial charge in [0.2, 0.25) is 0 Å². The van der Waals surface area contributed by atoms with Gasteiger partial charge in [0, 0.05) is 11.1 Å². The lowest BCUT2D eigenvalue weighted by Gasteiger charge is -2.23. The molecule has 0 spiro atoms. The van der Waals surface area contributed by atoms with Gasteiger partial charge in [-0.3, -0.25) is 0 Å². The first-order valence-electron chi connectivity index (χ1n) is 5.29. The van der Waals surface area contributed by atoms with Crippen molar-refractivity contribution < 1.29 is 13.9 Å². The van der Waals surface area contributed by atoms with Crippen LogP contribution in [0.25, 0.3) is 0 Å². The number of terminal acetylenes is 1. The predicted molar refractivity (Wildman–Crippen MR) is 64.6 cm³/mol. The molecule has 2 aromatic rings. The maximum atomic E-state index is 13.7. The van der Waals surface area contributed by atoms with Crippen molar-refractivity contribution >= 4 is 0 Å². The van der Waals surface area contributed by atoms with Crippen molar-refractivity contribution in [3.63, 3.8) is 0 Å². The molecule has 3 heteroatoms. The predicted octanol–water partition coefficient (Wildman–Crippen LogP) is 2.83. The monoisotopic (exact) mass is 244 g/mol. The molecule has 0 fully saturated rings. The molecule has 90 valence electrons. The summed E-state index contributed by atoms with van der Waals surface area (Å²) >= 11 is 0. The highest BCUT2D eigenvalue weighted by Gasteiger charge is 2.31. The molecule has 0 saturated carbocycles. The maximum Gasteiger partial charge on any atom is 0.179 e. The first-order chi connectivity index (χ1) is 8.58. The summed E-state index contributed by atoms with van der Waals surface area (Å²) in [5.41, 5.74) is -1.69. The molecule has 0 aliphatic carbocycles. The van der Waals surface area contributed by atoms with Gasteiger partial charge in [0.25, 0.3) is 0 Å². The number of rotatable bonds is 2. The fourth-order valence-corrected chi connectivity index (χ4v) is 1.76. The highest BCUT2D eigenvalue weighted by molar-refractivity contribution is 5.44. The molecule has 0 aliphatic rings. The summed E-state index contributed by atoms with van der Waals surface area (Å²) in [6, 6.07) is 10.7. The zero-order chi connectivity index (χ0) is 13.2. The van der Waals surface area contributed by atoms with Crippen molar-refractivity contribution in [3.8, 4) is 12.3 Å². The Labute approximate surface area is 104 Å². The smallest absolute Gasteiger partial charge is 0.179 e. The van der Waals surface area contributed by atoms with E-state index in [9.17, 15) is 13.9 Å². The maximum absolute atomic E-state index is 13.7. The van der Waals surface area contributed by atoms with E-state index in [-0.39, 0.29) is 11.1 Å². The van der Waals surface area contributed by atoms with Gasteiger partial charge in [-0.15, -0.1) is 6.42 Å². The second kappa shape index (κ2) is 4.59. The second-order valence-electron chi connectivity index (χ2n) is 3.84. The summed E-state index contributed by atoms with van der Waals surface area (Å²) in [5.74, 6) is 1.10. The third-order valence-corrected chi connectivity index (χ3v) is 2.73. The summed E-state index contributed by atoms with van der Waals surface area (Å²) in [7, 11) is 0. The lowest BCUT2D eigenvalue weighted by Crippen LogP contribution is -2.26. The third kappa shape index (κ3) is 1.99. The number of hydrogen-bond donors (Lipinski definition) is 1. The number of halogens is 2. The summed E-state index contributed by atoms with van der Waals surface area (Å²) in [5, 5.41) is 10.4. The molecule has 0 aliphatic heterocycles. The van der Waals surface area contributed by atoms with E-state index in [1.54, 1.807) is 6.07 Å². The van der Waals surface area contributed by atoms with Crippen molar-refractivity contribution in [2.75, 3.05) is 0 Å². The molecule has 1 atom stereocenters. The van der Waals surface area contributed by atoms with Crippen LogP contribution in [0.15, 0.2) is 48.5 Å². The van der Waals surface area contributed by atoms with Gasteiger partial charge >= 0.3 is 0 Å². The number of hydrogen-bond acceptors (Lipinski definition) is 1. The van der Waals surface area contributed by atoms with E-state index in [2.05, 4.69) is 5.92 Å². The van der Waals surface area contributed by atoms with Crippen LogP contribution in [-0.2, 0) is 5.60 Å². The van der Waals surface area contributed by atoms with Crippen LogP contribution < -0.4 is 0 Å². The Balaban J connectivity index is 2.60. The summed E-state index contributed by atoms with van der Waals surface area (Å²) < 4.78 is 26.6. The molecular formula is C15H10F2O. The molecule has 0 bridgehead atoms. The molecule has 2 rings (SSSR count). The highest BCUT2D eigenvalue weighted by Crippen LogP contribution is 2.30. The van der Waals surface area contributed by atoms with Gasteiger partial charge in [-0.1, -0.05) is 36.3 Å². The summed E-state index contributed by atoms with van der Waals surface area (Å²) in [6.45, 7) is 0. The first-order valence-corrected chi connectivity index (χ1v) is 5.29. The van der Waals surface area contributed by atoms with Gasteiger partial charge < -0.3 is 5.11 Å². The van der Waals surface area contributed by atoms with E-state index in [1.165, 1.54) is 42.5 Å². The molecule has 0 heterocycles. The lowest BCUT2D eigenvalue weighted by molar-refractivity contribution is 0.140. The van der Waals surface area contributed by atoms with Gasteiger partial charge in [0.05, 0.1) is 0 Å². The van der Waals surface area contributed by atoms with E-state index < -0.39 is 17.2 Å². The number of benzene rings is 2. The minimum absolute atomic E-state index is 0.0286. The van der Waals surface area contributed by atoms with E-state index in [1.807, 2.05) is 0 Å². The first kappa shape index (κ1) is 12.3. The van der Waals surface area contributed by atoms with Crippen molar-refractivity contribution in [2.45, 2.75) is 5.60 Å². The van der Waals surface area contributed by atoms with Crippen LogP contribution in [0.3, 0.4) is 0 Å². The molecule has 1 nitrogen and oxygen atoms in total. The van der Waals surface area contributed by atoms with Crippen molar-refractivity contribution in [2.24, 2.45) is 0 Å². The summed E-state index contributed by atoms with van der Waals surface area (Å²) in [4.78, 5) is 0. The van der Waals surface area contributed by atoms with Crippen molar-refractivity contribution in [3.05, 3.63) is 71.3 Å². The zero-order valence-corrected chi connectivity index (χ0v) is 9.40. The molecule has 0 radical (unpaired) electrons. The fraction of sp³-hybridized carbons (Fsp3) is 0.0667. The van der Waals surface area contributed by atoms with Crippen molar-refractivity contribution in [1.29, 1.82) is 0 Å². The average Bonchev–Trinajstić information content (AvgIpc) is 2.39. The largest absolute Gasteiger partial charge is 0.369 e.